The zero-order chi connectivity index (χ0) is 24.9. The summed E-state index contributed by atoms with van der Waals surface area (Å²) in [6, 6.07) is 5.01. The van der Waals surface area contributed by atoms with Crippen LogP contribution in [0.3, 0.4) is 0 Å². The van der Waals surface area contributed by atoms with Crippen LogP contribution in [0.15, 0.2) is 39.8 Å². The molecule has 8 nitrogen and oxygen atoms in total. The molecule has 0 radical (unpaired) electrons. The van der Waals surface area contributed by atoms with E-state index in [4.69, 9.17) is 5.73 Å². The maximum atomic E-state index is 15.0. The summed E-state index contributed by atoms with van der Waals surface area (Å²) in [5.41, 5.74) is 5.07. The van der Waals surface area contributed by atoms with Gasteiger partial charge in [-0.3, -0.25) is 14.8 Å². The van der Waals surface area contributed by atoms with Crippen molar-refractivity contribution in [3.8, 4) is 5.75 Å². The van der Waals surface area contributed by atoms with Gasteiger partial charge in [0.05, 0.1) is 27.6 Å². The highest BCUT2D eigenvalue weighted by Crippen LogP contribution is 2.47. The number of carbonyl (C=O) groups is 1. The Hall–Kier alpha value is -3.02. The van der Waals surface area contributed by atoms with Gasteiger partial charge in [0.1, 0.15) is 39.1 Å². The Kier molecular flexibility index (Phi) is 5.91. The number of carbonyl (C=O) groups excluding carboxylic acids is 1. The third kappa shape index (κ3) is 3.83. The van der Waals surface area contributed by atoms with E-state index < -0.39 is 43.5 Å². The second-order valence-electron chi connectivity index (χ2n) is 8.84. The van der Waals surface area contributed by atoms with Crippen molar-refractivity contribution in [3.05, 3.63) is 53.4 Å². The molecule has 4 heterocycles. The quantitative estimate of drug-likeness (QED) is 0.615. The minimum atomic E-state index is -3.00. The molecule has 0 amide bonds. The molecule has 3 atom stereocenters. The van der Waals surface area contributed by atoms with Gasteiger partial charge in [-0.05, 0) is 51.5 Å². The van der Waals surface area contributed by atoms with Crippen LogP contribution < -0.4 is 10.5 Å². The smallest absolute Gasteiger partial charge is 0.387 e. The number of alkyl halides is 2. The van der Waals surface area contributed by atoms with Crippen molar-refractivity contribution in [1.29, 1.82) is 0 Å². The molecular formula is C22H24F3N5O3S. The number of fused-ring (bicyclic) bond motifs is 1. The van der Waals surface area contributed by atoms with Gasteiger partial charge in [-0.2, -0.15) is 8.78 Å². The summed E-state index contributed by atoms with van der Waals surface area (Å²) >= 11 is 0. The van der Waals surface area contributed by atoms with Crippen molar-refractivity contribution in [2.45, 2.75) is 55.8 Å². The molecule has 0 spiro atoms. The number of hydrogen-bond donors (Lipinski definition) is 1. The van der Waals surface area contributed by atoms with E-state index >= 15 is 4.39 Å². The molecule has 34 heavy (non-hydrogen) atoms. The Bertz CT molecular complexity index is 1290. The summed E-state index contributed by atoms with van der Waals surface area (Å²) in [6.45, 7) is 2.43. The van der Waals surface area contributed by atoms with Crippen LogP contribution in [-0.4, -0.2) is 48.9 Å². The maximum absolute atomic E-state index is 15.0. The Labute approximate surface area is 195 Å². The van der Waals surface area contributed by atoms with Gasteiger partial charge >= 0.3 is 6.61 Å². The van der Waals surface area contributed by atoms with E-state index in [1.807, 2.05) is 0 Å². The number of amidine groups is 1. The normalized spacial score (nSPS) is 27.6. The van der Waals surface area contributed by atoms with Crippen molar-refractivity contribution in [3.63, 3.8) is 0 Å². The molecule has 2 N–H and O–H groups in total. The molecule has 4 rings (SSSR count). The topological polar surface area (TPSA) is 120 Å². The molecule has 0 saturated carbocycles. The third-order valence-electron chi connectivity index (χ3n) is 6.36. The van der Waals surface area contributed by atoms with Gasteiger partial charge in [-0.25, -0.2) is 17.9 Å². The van der Waals surface area contributed by atoms with E-state index in [2.05, 4.69) is 24.1 Å². The molecule has 0 aromatic carbocycles. The zero-order valence-electron chi connectivity index (χ0n) is 18.8. The van der Waals surface area contributed by atoms with Gasteiger partial charge in [0.15, 0.2) is 5.78 Å². The predicted octanol–water partition coefficient (Wildman–Crippen LogP) is 3.25. The molecular weight excluding hydrogens is 471 g/mol. The maximum Gasteiger partial charge on any atom is 0.387 e. The third-order valence-corrected chi connectivity index (χ3v) is 10.1. The number of aromatic nitrogens is 2. The van der Waals surface area contributed by atoms with Crippen LogP contribution in [0.1, 0.15) is 49.1 Å². The lowest BCUT2D eigenvalue weighted by Gasteiger charge is -2.44. The van der Waals surface area contributed by atoms with E-state index in [1.54, 1.807) is 20.8 Å². The fourth-order valence-electron chi connectivity index (χ4n) is 4.39. The first-order valence-electron chi connectivity index (χ1n) is 10.6. The van der Waals surface area contributed by atoms with Gasteiger partial charge in [0, 0.05) is 12.2 Å². The van der Waals surface area contributed by atoms with Gasteiger partial charge in [0.25, 0.3) is 0 Å². The fraction of sp³-hybridized carbons (Fsp3) is 0.455. The van der Waals surface area contributed by atoms with Crippen LogP contribution >= 0.6 is 0 Å². The minimum Gasteiger partial charge on any atom is -0.433 e. The molecule has 0 aliphatic carbocycles. The molecule has 12 heteroatoms. The van der Waals surface area contributed by atoms with Crippen molar-refractivity contribution >= 4 is 21.3 Å². The Morgan fingerprint density at radius 2 is 2.00 bits per heavy atom. The van der Waals surface area contributed by atoms with Crippen LogP contribution in [-0.2, 0) is 21.7 Å². The number of hydrogen-bond acceptors (Lipinski definition) is 8. The molecule has 182 valence electrons. The second kappa shape index (κ2) is 8.33. The fourth-order valence-corrected chi connectivity index (χ4v) is 7.53. The highest BCUT2D eigenvalue weighted by atomic mass is 32.2. The van der Waals surface area contributed by atoms with Gasteiger partial charge in [-0.1, -0.05) is 0 Å². The molecule has 0 unspecified atom stereocenters. The van der Waals surface area contributed by atoms with Gasteiger partial charge in [0.2, 0.25) is 0 Å². The Balaban J connectivity index is 1.67. The summed E-state index contributed by atoms with van der Waals surface area (Å²) in [6.07, 6.45) is 1.24. The monoisotopic (exact) mass is 495 g/mol. The lowest BCUT2D eigenvalue weighted by molar-refractivity contribution is -0.0500. The van der Waals surface area contributed by atoms with Crippen LogP contribution in [0.4, 0.5) is 13.2 Å². The van der Waals surface area contributed by atoms with E-state index in [9.17, 15) is 17.8 Å². The van der Waals surface area contributed by atoms with E-state index in [0.29, 0.717) is 13.0 Å². The summed E-state index contributed by atoms with van der Waals surface area (Å²) in [5.74, 6) is -1.18. The number of Topliss-reactive ketones (excluding diaryl/α,β-unsaturated/α-hetero) is 1. The predicted molar refractivity (Wildman–Crippen MR) is 120 cm³/mol. The Morgan fingerprint density at radius 1 is 1.26 bits per heavy atom. The van der Waals surface area contributed by atoms with Crippen molar-refractivity contribution < 1.29 is 26.9 Å². The van der Waals surface area contributed by atoms with Crippen LogP contribution in [0.25, 0.3) is 0 Å². The lowest BCUT2D eigenvalue weighted by atomic mass is 9.89. The number of pyridine rings is 2. The minimum absolute atomic E-state index is 0.0137. The number of halogens is 3. The van der Waals surface area contributed by atoms with Gasteiger partial charge < -0.3 is 10.5 Å². The number of nitrogens with two attached hydrogens (primary N) is 1. The van der Waals surface area contributed by atoms with Gasteiger partial charge in [-0.15, -0.1) is 0 Å². The average molecular weight is 496 g/mol. The number of nitrogens with zero attached hydrogens (tertiary/aromatic N) is 4. The highest BCUT2D eigenvalue weighted by molar-refractivity contribution is 7.96. The molecule has 0 saturated heterocycles. The van der Waals surface area contributed by atoms with E-state index in [1.165, 1.54) is 24.3 Å². The molecule has 0 fully saturated rings. The highest BCUT2D eigenvalue weighted by Gasteiger charge is 2.57. The largest absolute Gasteiger partial charge is 0.433 e. The number of ether oxygens (including phenoxy) is 1. The molecule has 2 aliphatic heterocycles. The molecule has 2 aromatic rings. The summed E-state index contributed by atoms with van der Waals surface area (Å²) in [5, 5.41) is -0.598. The second-order valence-corrected chi connectivity index (χ2v) is 11.8. The van der Waals surface area contributed by atoms with E-state index in [0.717, 1.165) is 6.20 Å². The van der Waals surface area contributed by atoms with Crippen molar-refractivity contribution in [2.75, 3.05) is 6.54 Å². The number of aliphatic imine (C=N–C) groups is 1. The van der Waals surface area contributed by atoms with Crippen molar-refractivity contribution in [2.24, 2.45) is 15.1 Å². The van der Waals surface area contributed by atoms with Crippen LogP contribution in [0.5, 0.6) is 5.75 Å². The van der Waals surface area contributed by atoms with E-state index in [-0.39, 0.29) is 35.1 Å². The average Bonchev–Trinajstić information content (AvgIpc) is 3.18. The summed E-state index contributed by atoms with van der Waals surface area (Å²) in [4.78, 5) is 25.5. The molecule has 2 aliphatic rings. The van der Waals surface area contributed by atoms with Crippen LogP contribution in [0, 0.1) is 5.82 Å². The Morgan fingerprint density at radius 3 is 2.65 bits per heavy atom. The van der Waals surface area contributed by atoms with Crippen LogP contribution in [0.2, 0.25) is 0 Å². The SMILES string of the molecule is CC1(C)C(N)=N[C@](C)(c2nc(CC(=O)c3ccc(OC(F)F)cn3)ccc2F)[C@@H]2CCN=[S@@]21=O. The van der Waals surface area contributed by atoms with Crippen molar-refractivity contribution in [1.82, 2.24) is 9.97 Å². The first-order chi connectivity index (χ1) is 15.9. The number of rotatable bonds is 6. The number of ketones is 1. The summed E-state index contributed by atoms with van der Waals surface area (Å²) < 4.78 is 61.1. The first kappa shape index (κ1) is 24.1. The zero-order valence-corrected chi connectivity index (χ0v) is 19.6. The standard InChI is InChI=1S/C22H24F3N5O3S/c1-21(2)19(26)30-22(3,17-8-9-28-34(17,21)32)18-14(23)6-4-12(29-18)10-16(31)15-7-5-13(11-27-15)33-20(24)25/h4-7,11,17,20H,8-10H2,1-3H3,(H2,26,30)/t17-,22-,34+/m0/s1. The molecule has 0 bridgehead atoms. The molecule has 2 aromatic heterocycles. The summed E-state index contributed by atoms with van der Waals surface area (Å²) in [7, 11) is -2.87. The first-order valence-corrected chi connectivity index (χ1v) is 12.1. The lowest BCUT2D eigenvalue weighted by Crippen LogP contribution is -2.58.